The topological polar surface area (TPSA) is 38.3 Å². The van der Waals surface area contributed by atoms with Crippen LogP contribution in [0.1, 0.15) is 19.4 Å². The van der Waals surface area contributed by atoms with Gasteiger partial charge in [0.15, 0.2) is 0 Å². The van der Waals surface area contributed by atoms with Gasteiger partial charge in [-0.25, -0.2) is 0 Å². The van der Waals surface area contributed by atoms with Gasteiger partial charge in [0.2, 0.25) is 5.91 Å². The van der Waals surface area contributed by atoms with Gasteiger partial charge in [0.05, 0.1) is 22.7 Å². The smallest absolute Gasteiger partial charge is 0.234 e. The number of halogens is 2. The number of amides is 1. The van der Waals surface area contributed by atoms with Crippen LogP contribution in [0.3, 0.4) is 0 Å². The third-order valence-electron chi connectivity index (χ3n) is 2.82. The third-order valence-corrected chi connectivity index (χ3v) is 4.04. The summed E-state index contributed by atoms with van der Waals surface area (Å²) in [5.74, 6) is 0.696. The average molecular weight is 349 g/mol. The quantitative estimate of drug-likeness (QED) is 0.844. The Hall–Kier alpha value is -0.550. The molecule has 0 radical (unpaired) electrons. The molecule has 16 heavy (non-hydrogen) atoms. The van der Waals surface area contributed by atoms with Gasteiger partial charge in [0.1, 0.15) is 5.75 Å². The third kappa shape index (κ3) is 1.49. The maximum absolute atomic E-state index is 11.9. The first kappa shape index (κ1) is 11.9. The number of hydrogen-bond donors (Lipinski definition) is 1. The minimum Gasteiger partial charge on any atom is -0.495 e. The molecule has 0 fully saturated rings. The van der Waals surface area contributed by atoms with Crippen molar-refractivity contribution < 1.29 is 9.53 Å². The van der Waals surface area contributed by atoms with Crippen molar-refractivity contribution in [1.29, 1.82) is 0 Å². The molecule has 0 saturated heterocycles. The van der Waals surface area contributed by atoms with Crippen LogP contribution in [0.25, 0.3) is 0 Å². The lowest BCUT2D eigenvalue weighted by Gasteiger charge is -2.19. The summed E-state index contributed by atoms with van der Waals surface area (Å²) in [6.45, 7) is 3.77. The van der Waals surface area contributed by atoms with Gasteiger partial charge in [-0.2, -0.15) is 0 Å². The van der Waals surface area contributed by atoms with Crippen molar-refractivity contribution in [3.05, 3.63) is 20.6 Å². The van der Waals surface area contributed by atoms with Gasteiger partial charge in [0.25, 0.3) is 0 Å². The number of nitrogens with one attached hydrogen (secondary N) is 1. The Labute approximate surface area is 111 Å². The Kier molecular flexibility index (Phi) is 2.78. The molecule has 5 heteroatoms. The van der Waals surface area contributed by atoms with Crippen LogP contribution in [0.4, 0.5) is 5.69 Å². The molecular weight excluding hydrogens is 338 g/mol. The van der Waals surface area contributed by atoms with Gasteiger partial charge in [-0.3, -0.25) is 4.79 Å². The Bertz CT molecular complexity index is 483. The van der Waals surface area contributed by atoms with E-state index in [1.165, 1.54) is 0 Å². The maximum Gasteiger partial charge on any atom is 0.234 e. The molecule has 1 aliphatic heterocycles. The first-order valence-electron chi connectivity index (χ1n) is 4.77. The number of carbonyl (C=O) groups is 1. The lowest BCUT2D eigenvalue weighted by molar-refractivity contribution is -0.119. The van der Waals surface area contributed by atoms with Crippen LogP contribution in [-0.4, -0.2) is 13.0 Å². The summed E-state index contributed by atoms with van der Waals surface area (Å²) in [5.41, 5.74) is 1.11. The number of anilines is 1. The molecule has 1 N–H and O–H groups in total. The van der Waals surface area contributed by atoms with Crippen molar-refractivity contribution in [3.8, 4) is 5.75 Å². The first-order chi connectivity index (χ1) is 7.39. The fraction of sp³-hybridized carbons (Fsp3) is 0.364. The van der Waals surface area contributed by atoms with Gasteiger partial charge in [0, 0.05) is 10.0 Å². The Morgan fingerprint density at radius 2 is 1.94 bits per heavy atom. The molecule has 2 rings (SSSR count). The average Bonchev–Trinajstić information content (AvgIpc) is 2.42. The normalized spacial score (nSPS) is 16.9. The summed E-state index contributed by atoms with van der Waals surface area (Å²) in [6.07, 6.45) is 0. The molecule has 0 unspecified atom stereocenters. The SMILES string of the molecule is COc1c(Br)cc(Br)c2c1C(C)(C)C(=O)N2. The molecule has 1 aliphatic rings. The van der Waals surface area contributed by atoms with Gasteiger partial charge in [-0.05, 0) is 51.8 Å². The fourth-order valence-corrected chi connectivity index (χ4v) is 3.33. The van der Waals surface area contributed by atoms with Gasteiger partial charge in [-0.15, -0.1) is 0 Å². The maximum atomic E-state index is 11.9. The van der Waals surface area contributed by atoms with Crippen molar-refractivity contribution in [2.45, 2.75) is 19.3 Å². The van der Waals surface area contributed by atoms with E-state index in [0.29, 0.717) is 5.75 Å². The molecule has 1 aromatic rings. The van der Waals surface area contributed by atoms with Crippen molar-refractivity contribution in [2.75, 3.05) is 12.4 Å². The van der Waals surface area contributed by atoms with Gasteiger partial charge in [-0.1, -0.05) is 0 Å². The van der Waals surface area contributed by atoms with E-state index >= 15 is 0 Å². The van der Waals surface area contributed by atoms with E-state index in [-0.39, 0.29) is 5.91 Å². The van der Waals surface area contributed by atoms with E-state index in [1.54, 1.807) is 7.11 Å². The second-order valence-electron chi connectivity index (χ2n) is 4.20. The van der Waals surface area contributed by atoms with Crippen LogP contribution >= 0.6 is 31.9 Å². The molecule has 1 heterocycles. The molecule has 0 saturated carbocycles. The lowest BCUT2D eigenvalue weighted by atomic mass is 9.85. The summed E-state index contributed by atoms with van der Waals surface area (Å²) in [5, 5.41) is 2.87. The van der Waals surface area contributed by atoms with Gasteiger partial charge < -0.3 is 10.1 Å². The highest BCUT2D eigenvalue weighted by atomic mass is 79.9. The van der Waals surface area contributed by atoms with Crippen LogP contribution in [-0.2, 0) is 10.2 Å². The second kappa shape index (κ2) is 3.74. The highest BCUT2D eigenvalue weighted by Crippen LogP contribution is 2.49. The van der Waals surface area contributed by atoms with E-state index in [2.05, 4.69) is 37.2 Å². The molecule has 3 nitrogen and oxygen atoms in total. The van der Waals surface area contributed by atoms with Crippen molar-refractivity contribution >= 4 is 43.5 Å². The zero-order valence-corrected chi connectivity index (χ0v) is 12.3. The van der Waals surface area contributed by atoms with Crippen LogP contribution in [0, 0.1) is 0 Å². The zero-order valence-electron chi connectivity index (χ0n) is 9.15. The minimum atomic E-state index is -0.576. The molecule has 86 valence electrons. The standard InChI is InChI=1S/C11H11Br2NO2/c1-11(2)7-8(14-10(11)15)5(12)4-6(13)9(7)16-3/h4H,1-3H3,(H,14,15). The highest BCUT2D eigenvalue weighted by Gasteiger charge is 2.42. The number of rotatable bonds is 1. The molecule has 0 bridgehead atoms. The summed E-state index contributed by atoms with van der Waals surface area (Å²) in [4.78, 5) is 11.9. The lowest BCUT2D eigenvalue weighted by Crippen LogP contribution is -2.27. The van der Waals surface area contributed by atoms with E-state index < -0.39 is 5.41 Å². The monoisotopic (exact) mass is 347 g/mol. The Morgan fingerprint density at radius 3 is 2.50 bits per heavy atom. The minimum absolute atomic E-state index is 0.0143. The molecule has 1 aromatic carbocycles. The number of ether oxygens (including phenoxy) is 1. The van der Waals surface area contributed by atoms with Crippen molar-refractivity contribution in [1.82, 2.24) is 0 Å². The van der Waals surface area contributed by atoms with Crippen LogP contribution in [0.2, 0.25) is 0 Å². The fourth-order valence-electron chi connectivity index (χ4n) is 1.90. The summed E-state index contributed by atoms with van der Waals surface area (Å²) in [7, 11) is 1.60. The molecule has 0 spiro atoms. The number of carbonyl (C=O) groups excluding carboxylic acids is 1. The predicted molar refractivity (Wildman–Crippen MR) is 70.0 cm³/mol. The van der Waals surface area contributed by atoms with E-state index in [1.807, 2.05) is 19.9 Å². The summed E-state index contributed by atoms with van der Waals surface area (Å²) >= 11 is 6.88. The number of methoxy groups -OCH3 is 1. The van der Waals surface area contributed by atoms with Crippen LogP contribution in [0.15, 0.2) is 15.0 Å². The predicted octanol–water partition coefficient (Wildman–Crippen LogP) is 3.45. The van der Waals surface area contributed by atoms with Gasteiger partial charge >= 0.3 is 0 Å². The molecule has 1 amide bonds. The largest absolute Gasteiger partial charge is 0.495 e. The second-order valence-corrected chi connectivity index (χ2v) is 5.91. The molecule has 0 aliphatic carbocycles. The molecular formula is C11H11Br2NO2. The Morgan fingerprint density at radius 1 is 1.31 bits per heavy atom. The summed E-state index contributed by atoms with van der Waals surface area (Å²) < 4.78 is 7.06. The molecule has 0 aromatic heterocycles. The highest BCUT2D eigenvalue weighted by molar-refractivity contribution is 9.11. The van der Waals surface area contributed by atoms with Crippen LogP contribution < -0.4 is 10.1 Å². The van der Waals surface area contributed by atoms with E-state index in [9.17, 15) is 4.79 Å². The molecule has 0 atom stereocenters. The van der Waals surface area contributed by atoms with E-state index in [0.717, 1.165) is 20.2 Å². The van der Waals surface area contributed by atoms with Crippen molar-refractivity contribution in [2.24, 2.45) is 0 Å². The number of fused-ring (bicyclic) bond motifs is 1. The first-order valence-corrected chi connectivity index (χ1v) is 6.36. The van der Waals surface area contributed by atoms with E-state index in [4.69, 9.17) is 4.74 Å². The van der Waals surface area contributed by atoms with Crippen molar-refractivity contribution in [3.63, 3.8) is 0 Å². The zero-order chi connectivity index (χ0) is 12.1. The Balaban J connectivity index is 2.80. The number of hydrogen-bond acceptors (Lipinski definition) is 2. The number of benzene rings is 1. The van der Waals surface area contributed by atoms with Crippen LogP contribution in [0.5, 0.6) is 5.75 Å². The summed E-state index contributed by atoms with van der Waals surface area (Å²) in [6, 6.07) is 1.87.